The van der Waals surface area contributed by atoms with Gasteiger partial charge in [0.25, 0.3) is 0 Å². The molecule has 2 N–H and O–H groups in total. The van der Waals surface area contributed by atoms with Crippen molar-refractivity contribution in [3.05, 3.63) is 47.0 Å². The zero-order valence-corrected chi connectivity index (χ0v) is 16.0. The van der Waals surface area contributed by atoms with Crippen LogP contribution in [0.15, 0.2) is 36.5 Å². The maximum Gasteiger partial charge on any atom is 0.180 e. The summed E-state index contributed by atoms with van der Waals surface area (Å²) in [5.74, 6) is 0. The van der Waals surface area contributed by atoms with Gasteiger partial charge >= 0.3 is 0 Å². The zero-order chi connectivity index (χ0) is 16.2. The monoisotopic (exact) mass is 366 g/mol. The minimum atomic E-state index is 0. The summed E-state index contributed by atoms with van der Waals surface area (Å²) in [6.07, 6.45) is 3.15. The number of nitrogens with zero attached hydrogens (tertiary/aromatic N) is 3. The Morgan fingerprint density at radius 3 is 2.75 bits per heavy atom. The molecule has 2 aromatic rings. The van der Waals surface area contributed by atoms with Crippen molar-refractivity contribution in [1.29, 1.82) is 0 Å². The van der Waals surface area contributed by atoms with Crippen molar-refractivity contribution >= 4 is 28.9 Å². The van der Waals surface area contributed by atoms with Crippen LogP contribution in [0.2, 0.25) is 0 Å². The van der Waals surface area contributed by atoms with E-state index in [4.69, 9.17) is 5.73 Å². The van der Waals surface area contributed by atoms with E-state index < -0.39 is 0 Å². The molecule has 0 spiro atoms. The average molecular weight is 367 g/mol. The van der Waals surface area contributed by atoms with E-state index in [1.54, 1.807) is 11.3 Å². The van der Waals surface area contributed by atoms with Crippen LogP contribution >= 0.6 is 23.7 Å². The fraction of sp³-hybridized carbons (Fsp3) is 0.500. The van der Waals surface area contributed by atoms with Crippen LogP contribution in [0.5, 0.6) is 0 Å². The number of hydrogen-bond donors (Lipinski definition) is 1. The van der Waals surface area contributed by atoms with E-state index >= 15 is 0 Å². The molecule has 132 valence electrons. The third-order valence-corrected chi connectivity index (χ3v) is 5.69. The average Bonchev–Trinajstić information content (AvgIpc) is 3.22. The second-order valence-electron chi connectivity index (χ2n) is 6.25. The summed E-state index contributed by atoms with van der Waals surface area (Å²) < 4.78 is 0. The van der Waals surface area contributed by atoms with E-state index in [1.165, 1.54) is 23.4 Å². The number of halogens is 1. The molecule has 6 heteroatoms. The summed E-state index contributed by atoms with van der Waals surface area (Å²) in [5, 5.41) is 0.668. The van der Waals surface area contributed by atoms with Gasteiger partial charge in [0.1, 0.15) is 0 Å². The van der Waals surface area contributed by atoms with Crippen LogP contribution < -0.4 is 5.73 Å². The Balaban J connectivity index is 0.00000208. The number of nitrogens with two attached hydrogens (primary N) is 1. The van der Waals surface area contributed by atoms with Crippen LogP contribution in [0.25, 0.3) is 0 Å². The van der Waals surface area contributed by atoms with Gasteiger partial charge in [-0.1, -0.05) is 37.3 Å². The van der Waals surface area contributed by atoms with Gasteiger partial charge in [-0.15, -0.1) is 23.7 Å². The fourth-order valence-corrected chi connectivity index (χ4v) is 4.17. The summed E-state index contributed by atoms with van der Waals surface area (Å²) in [6.45, 7) is 8.89. The number of rotatable bonds is 6. The molecule has 0 saturated carbocycles. The Morgan fingerprint density at radius 1 is 1.38 bits per heavy atom. The number of hydrogen-bond acceptors (Lipinski definition) is 5. The molecule has 1 saturated heterocycles. The van der Waals surface area contributed by atoms with E-state index in [0.29, 0.717) is 17.2 Å². The molecule has 1 aliphatic heterocycles. The molecular weight excluding hydrogens is 340 g/mol. The van der Waals surface area contributed by atoms with E-state index in [2.05, 4.69) is 59.0 Å². The van der Waals surface area contributed by atoms with Crippen molar-refractivity contribution in [2.24, 2.45) is 0 Å². The normalized spacial score (nSPS) is 19.4. The van der Waals surface area contributed by atoms with Crippen molar-refractivity contribution < 1.29 is 0 Å². The van der Waals surface area contributed by atoms with Crippen LogP contribution in [0.3, 0.4) is 0 Å². The summed E-state index contributed by atoms with van der Waals surface area (Å²) in [4.78, 5) is 10.6. The largest absolute Gasteiger partial charge is 0.375 e. The molecule has 1 aromatic heterocycles. The van der Waals surface area contributed by atoms with Gasteiger partial charge in [-0.2, -0.15) is 0 Å². The van der Waals surface area contributed by atoms with Crippen LogP contribution in [-0.4, -0.2) is 40.5 Å². The third-order valence-electron chi connectivity index (χ3n) is 4.88. The summed E-state index contributed by atoms with van der Waals surface area (Å²) in [7, 11) is 0. The van der Waals surface area contributed by atoms with Crippen LogP contribution in [-0.2, 0) is 6.54 Å². The highest BCUT2D eigenvalue weighted by atomic mass is 35.5. The number of benzene rings is 1. The highest BCUT2D eigenvalue weighted by molar-refractivity contribution is 7.15. The van der Waals surface area contributed by atoms with Gasteiger partial charge in [-0.05, 0) is 25.5 Å². The van der Waals surface area contributed by atoms with Gasteiger partial charge in [0, 0.05) is 42.8 Å². The highest BCUT2D eigenvalue weighted by Crippen LogP contribution is 2.28. The number of likely N-dealkylation sites (tertiary alicyclic amines) is 1. The van der Waals surface area contributed by atoms with Crippen molar-refractivity contribution in [2.75, 3.05) is 25.4 Å². The molecule has 0 bridgehead atoms. The van der Waals surface area contributed by atoms with E-state index in [9.17, 15) is 0 Å². The minimum Gasteiger partial charge on any atom is -0.375 e. The zero-order valence-electron chi connectivity index (χ0n) is 14.4. The standard InChI is InChI=1S/C18H26N4S.ClH/c1-3-21(13-17-11-20-18(19)23-17)16-9-10-22(12-16)14(2)15-7-5-4-6-8-15;/h4-8,11,14,16H,3,9-10,12-13H2,1-2H3,(H2,19,20);1H. The lowest BCUT2D eigenvalue weighted by Gasteiger charge is -2.29. The maximum absolute atomic E-state index is 5.76. The molecular formula is C18H27ClN4S. The quantitative estimate of drug-likeness (QED) is 0.844. The Bertz CT molecular complexity index is 618. The SMILES string of the molecule is CCN(Cc1cnc(N)s1)C1CCN(C(C)c2ccccc2)C1.Cl. The first-order valence-electron chi connectivity index (χ1n) is 8.40. The van der Waals surface area contributed by atoms with E-state index in [-0.39, 0.29) is 12.4 Å². The van der Waals surface area contributed by atoms with Gasteiger partial charge in [-0.3, -0.25) is 9.80 Å². The van der Waals surface area contributed by atoms with Crippen LogP contribution in [0, 0.1) is 0 Å². The Kier molecular flexibility index (Phi) is 7.04. The topological polar surface area (TPSA) is 45.4 Å². The highest BCUT2D eigenvalue weighted by Gasteiger charge is 2.30. The Morgan fingerprint density at radius 2 is 2.12 bits per heavy atom. The molecule has 1 fully saturated rings. The lowest BCUT2D eigenvalue weighted by Crippen LogP contribution is -2.37. The fourth-order valence-electron chi connectivity index (χ4n) is 3.46. The van der Waals surface area contributed by atoms with E-state index in [1.807, 2.05) is 6.20 Å². The predicted octanol–water partition coefficient (Wildman–Crippen LogP) is 3.80. The lowest BCUT2D eigenvalue weighted by atomic mass is 10.1. The third kappa shape index (κ3) is 4.48. The van der Waals surface area contributed by atoms with Gasteiger partial charge in [0.05, 0.1) is 0 Å². The summed E-state index contributed by atoms with van der Waals surface area (Å²) in [6, 6.07) is 11.9. The summed E-state index contributed by atoms with van der Waals surface area (Å²) >= 11 is 1.61. The molecule has 0 radical (unpaired) electrons. The lowest BCUT2D eigenvalue weighted by molar-refractivity contribution is 0.181. The van der Waals surface area contributed by atoms with Crippen LogP contribution in [0.4, 0.5) is 5.13 Å². The minimum absolute atomic E-state index is 0. The number of aromatic nitrogens is 1. The van der Waals surface area contributed by atoms with Crippen molar-refractivity contribution in [3.63, 3.8) is 0 Å². The first-order valence-corrected chi connectivity index (χ1v) is 9.22. The summed E-state index contributed by atoms with van der Waals surface area (Å²) in [5.41, 5.74) is 7.16. The molecule has 1 aromatic carbocycles. The molecule has 2 heterocycles. The molecule has 1 aliphatic rings. The first kappa shape index (κ1) is 19.2. The second kappa shape index (κ2) is 8.81. The van der Waals surface area contributed by atoms with Gasteiger partial charge < -0.3 is 5.73 Å². The molecule has 0 amide bonds. The first-order chi connectivity index (χ1) is 11.2. The van der Waals surface area contributed by atoms with Crippen molar-refractivity contribution in [3.8, 4) is 0 Å². The van der Waals surface area contributed by atoms with Gasteiger partial charge in [-0.25, -0.2) is 4.98 Å². The maximum atomic E-state index is 5.76. The number of thiazole rings is 1. The molecule has 2 atom stereocenters. The number of nitrogen functional groups attached to an aromatic ring is 1. The molecule has 24 heavy (non-hydrogen) atoms. The molecule has 3 rings (SSSR count). The van der Waals surface area contributed by atoms with Crippen molar-refractivity contribution in [2.45, 2.75) is 38.9 Å². The number of anilines is 1. The van der Waals surface area contributed by atoms with Crippen LogP contribution in [0.1, 0.15) is 36.8 Å². The van der Waals surface area contributed by atoms with Gasteiger partial charge in [0.15, 0.2) is 5.13 Å². The Labute approximate surface area is 155 Å². The second-order valence-corrected chi connectivity index (χ2v) is 7.40. The smallest absolute Gasteiger partial charge is 0.180 e. The predicted molar refractivity (Wildman–Crippen MR) is 105 cm³/mol. The van der Waals surface area contributed by atoms with Gasteiger partial charge in [0.2, 0.25) is 0 Å². The molecule has 2 unspecified atom stereocenters. The van der Waals surface area contributed by atoms with Crippen molar-refractivity contribution in [1.82, 2.24) is 14.8 Å². The van der Waals surface area contributed by atoms with E-state index in [0.717, 1.165) is 19.6 Å². The molecule has 4 nitrogen and oxygen atoms in total. The molecule has 0 aliphatic carbocycles. The number of likely N-dealkylation sites (N-methyl/N-ethyl adjacent to an activating group) is 1. The Hall–Kier alpha value is -1.14.